The molecular weight excluding hydrogens is 480 g/mol. The lowest BCUT2D eigenvalue weighted by molar-refractivity contribution is 0.399. The number of benzene rings is 4. The molecule has 0 bridgehead atoms. The van der Waals surface area contributed by atoms with Crippen LogP contribution in [0.5, 0.6) is 0 Å². The Labute approximate surface area is 206 Å². The van der Waals surface area contributed by atoms with Gasteiger partial charge in [0.15, 0.2) is 15.3 Å². The van der Waals surface area contributed by atoms with Crippen LogP contribution in [0.25, 0.3) is 6.08 Å². The van der Waals surface area contributed by atoms with Crippen LogP contribution in [0.15, 0.2) is 137 Å². The summed E-state index contributed by atoms with van der Waals surface area (Å²) in [6.45, 7) is 0. The first-order valence-corrected chi connectivity index (χ1v) is 14.0. The molecule has 1 aliphatic rings. The zero-order valence-electron chi connectivity index (χ0n) is 18.7. The summed E-state index contributed by atoms with van der Waals surface area (Å²) in [4.78, 5) is 0.626. The summed E-state index contributed by atoms with van der Waals surface area (Å²) in [5, 5.41) is 1.23. The van der Waals surface area contributed by atoms with Crippen molar-refractivity contribution in [2.24, 2.45) is 0 Å². The molecule has 2 atom stereocenters. The minimum atomic E-state index is -3.39. The molecule has 0 aliphatic carbocycles. The maximum Gasteiger partial charge on any atom is 0.208 e. The first kappa shape index (κ1) is 24.6. The van der Waals surface area contributed by atoms with Gasteiger partial charge in [-0.3, -0.25) is 0 Å². The summed E-state index contributed by atoms with van der Waals surface area (Å²) in [5.41, 5.74) is 1.02. The standard InChI is InChI=1S/C14H12O3S.C14H12O2S/c15-18(16,12-9-5-2-6-10-12)14-13(17-14)11-7-3-1-4-8-11;15-17(16,14-9-5-2-6-10-14)12-11-13-7-3-1-4-8-13/h1-10,13-14H;1-12H/b;12-11+/t13?,14-;/m0./s1. The van der Waals surface area contributed by atoms with Gasteiger partial charge in [0.05, 0.1) is 9.79 Å². The quantitative estimate of drug-likeness (QED) is 0.315. The van der Waals surface area contributed by atoms with Crippen LogP contribution < -0.4 is 0 Å². The lowest BCUT2D eigenvalue weighted by Crippen LogP contribution is -2.09. The average molecular weight is 505 g/mol. The van der Waals surface area contributed by atoms with E-state index >= 15 is 0 Å². The second-order valence-electron chi connectivity index (χ2n) is 7.77. The fourth-order valence-electron chi connectivity index (χ4n) is 3.38. The summed E-state index contributed by atoms with van der Waals surface area (Å²) in [6, 6.07) is 35.6. The zero-order chi connectivity index (χ0) is 24.7. The van der Waals surface area contributed by atoms with Crippen molar-refractivity contribution >= 4 is 25.8 Å². The second-order valence-corrected chi connectivity index (χ2v) is 11.6. The number of hydrogen-bond donors (Lipinski definition) is 0. The molecule has 1 unspecified atom stereocenters. The summed E-state index contributed by atoms with van der Waals surface area (Å²) >= 11 is 0. The molecule has 0 radical (unpaired) electrons. The third-order valence-corrected chi connectivity index (χ3v) is 8.59. The molecule has 1 aliphatic heterocycles. The Morgan fingerprint density at radius 3 is 1.57 bits per heavy atom. The molecule has 35 heavy (non-hydrogen) atoms. The minimum Gasteiger partial charge on any atom is -0.347 e. The van der Waals surface area contributed by atoms with Gasteiger partial charge in [0.2, 0.25) is 9.84 Å². The monoisotopic (exact) mass is 504 g/mol. The van der Waals surface area contributed by atoms with Gasteiger partial charge in [-0.05, 0) is 41.5 Å². The van der Waals surface area contributed by atoms with Gasteiger partial charge in [-0.1, -0.05) is 97.1 Å². The Kier molecular flexibility index (Phi) is 7.60. The highest BCUT2D eigenvalue weighted by atomic mass is 32.2. The lowest BCUT2D eigenvalue weighted by atomic mass is 10.2. The second kappa shape index (κ2) is 10.8. The fourth-order valence-corrected chi connectivity index (χ4v) is 5.96. The van der Waals surface area contributed by atoms with Gasteiger partial charge >= 0.3 is 0 Å². The Balaban J connectivity index is 0.000000165. The third kappa shape index (κ3) is 6.33. The predicted octanol–water partition coefficient (Wildman–Crippen LogP) is 5.69. The van der Waals surface area contributed by atoms with Crippen molar-refractivity contribution in [3.05, 3.63) is 138 Å². The molecule has 5 rings (SSSR count). The van der Waals surface area contributed by atoms with E-state index in [1.165, 1.54) is 5.41 Å². The van der Waals surface area contributed by atoms with Gasteiger partial charge in [-0.25, -0.2) is 16.8 Å². The molecule has 0 saturated carbocycles. The van der Waals surface area contributed by atoms with E-state index in [1.54, 1.807) is 66.7 Å². The third-order valence-electron chi connectivity index (χ3n) is 5.27. The highest BCUT2D eigenvalue weighted by Crippen LogP contribution is 2.44. The van der Waals surface area contributed by atoms with Gasteiger partial charge in [0, 0.05) is 5.41 Å². The predicted molar refractivity (Wildman–Crippen MR) is 137 cm³/mol. The van der Waals surface area contributed by atoms with Crippen LogP contribution in [0, 0.1) is 0 Å². The molecule has 4 aromatic carbocycles. The van der Waals surface area contributed by atoms with Gasteiger partial charge in [-0.15, -0.1) is 0 Å². The van der Waals surface area contributed by atoms with Crippen molar-refractivity contribution in [1.29, 1.82) is 0 Å². The maximum atomic E-state index is 12.3. The summed E-state index contributed by atoms with van der Waals surface area (Å²) in [7, 11) is -6.72. The molecule has 178 valence electrons. The van der Waals surface area contributed by atoms with Crippen LogP contribution in [0.3, 0.4) is 0 Å². The van der Waals surface area contributed by atoms with Crippen molar-refractivity contribution < 1.29 is 21.6 Å². The topological polar surface area (TPSA) is 80.8 Å². The van der Waals surface area contributed by atoms with E-state index in [4.69, 9.17) is 4.74 Å². The number of sulfone groups is 2. The average Bonchev–Trinajstić information content (AvgIpc) is 3.72. The van der Waals surface area contributed by atoms with E-state index in [2.05, 4.69) is 0 Å². The molecule has 5 nitrogen and oxygen atoms in total. The Bertz CT molecular complexity index is 1470. The largest absolute Gasteiger partial charge is 0.347 e. The molecule has 7 heteroatoms. The summed E-state index contributed by atoms with van der Waals surface area (Å²) < 4.78 is 53.7. The molecule has 4 aromatic rings. The zero-order valence-corrected chi connectivity index (χ0v) is 20.3. The van der Waals surface area contributed by atoms with Crippen molar-refractivity contribution in [3.63, 3.8) is 0 Å². The first-order valence-electron chi connectivity index (χ1n) is 10.9. The SMILES string of the molecule is O=S(=O)(/C=C/c1ccccc1)c1ccccc1.O=S(=O)(c1ccccc1)[C@@H]1OC1c1ccccc1. The van der Waals surface area contributed by atoms with Gasteiger partial charge < -0.3 is 4.74 Å². The van der Waals surface area contributed by atoms with Crippen molar-refractivity contribution in [1.82, 2.24) is 0 Å². The van der Waals surface area contributed by atoms with E-state index in [9.17, 15) is 16.8 Å². The molecule has 1 saturated heterocycles. The lowest BCUT2D eigenvalue weighted by Gasteiger charge is -2.00. The van der Waals surface area contributed by atoms with E-state index in [1.807, 2.05) is 60.7 Å². The van der Waals surface area contributed by atoms with Crippen LogP contribution in [0.4, 0.5) is 0 Å². The minimum absolute atomic E-state index is 0.312. The molecular formula is C28H24O5S2. The normalized spacial score (nSPS) is 17.4. The Morgan fingerprint density at radius 1 is 0.571 bits per heavy atom. The Hall–Kier alpha value is -3.52. The smallest absolute Gasteiger partial charge is 0.208 e. The number of rotatable bonds is 6. The van der Waals surface area contributed by atoms with Crippen LogP contribution in [0.1, 0.15) is 17.2 Å². The van der Waals surface area contributed by atoms with Crippen LogP contribution in [-0.4, -0.2) is 22.3 Å². The molecule has 1 heterocycles. The van der Waals surface area contributed by atoms with Crippen molar-refractivity contribution in [2.75, 3.05) is 0 Å². The van der Waals surface area contributed by atoms with E-state index in [-0.39, 0.29) is 6.10 Å². The molecule has 0 N–H and O–H groups in total. The van der Waals surface area contributed by atoms with Gasteiger partial charge in [0.1, 0.15) is 6.10 Å². The summed E-state index contributed by atoms with van der Waals surface area (Å²) in [6.07, 6.45) is 1.26. The summed E-state index contributed by atoms with van der Waals surface area (Å²) in [5.74, 6) is 0. The number of hydrogen-bond acceptors (Lipinski definition) is 5. The number of epoxide rings is 1. The number of ether oxygens (including phenoxy) is 1. The highest BCUT2D eigenvalue weighted by Gasteiger charge is 2.50. The molecule has 0 spiro atoms. The highest BCUT2D eigenvalue weighted by molar-refractivity contribution is 7.94. The van der Waals surface area contributed by atoms with E-state index < -0.39 is 25.1 Å². The molecule has 0 amide bonds. The van der Waals surface area contributed by atoms with Crippen molar-refractivity contribution in [2.45, 2.75) is 21.3 Å². The van der Waals surface area contributed by atoms with E-state index in [0.717, 1.165) is 11.1 Å². The molecule has 1 fully saturated rings. The maximum absolute atomic E-state index is 12.3. The van der Waals surface area contributed by atoms with Gasteiger partial charge in [0.25, 0.3) is 0 Å². The first-order chi connectivity index (χ1) is 16.9. The molecule has 0 aromatic heterocycles. The van der Waals surface area contributed by atoms with Crippen LogP contribution >= 0.6 is 0 Å². The van der Waals surface area contributed by atoms with Crippen LogP contribution in [-0.2, 0) is 24.4 Å². The Morgan fingerprint density at radius 2 is 1.03 bits per heavy atom. The van der Waals surface area contributed by atoms with Crippen molar-refractivity contribution in [3.8, 4) is 0 Å². The van der Waals surface area contributed by atoms with E-state index in [0.29, 0.717) is 9.79 Å². The fraction of sp³-hybridized carbons (Fsp3) is 0.0714. The van der Waals surface area contributed by atoms with Crippen LogP contribution in [0.2, 0.25) is 0 Å². The van der Waals surface area contributed by atoms with Gasteiger partial charge in [-0.2, -0.15) is 0 Å².